The van der Waals surface area contributed by atoms with E-state index in [4.69, 9.17) is 15.7 Å². The Hall–Kier alpha value is -0.810. The van der Waals surface area contributed by atoms with Gasteiger partial charge in [0.05, 0.1) is 12.1 Å². The molecule has 1 aliphatic carbocycles. The molecular weight excluding hydrogens is 206 g/mol. The minimum atomic E-state index is 0.155. The van der Waals surface area contributed by atoms with Crippen LogP contribution in [0.3, 0.4) is 0 Å². The van der Waals surface area contributed by atoms with E-state index < -0.39 is 0 Å². The summed E-state index contributed by atoms with van der Waals surface area (Å²) in [5.41, 5.74) is 5.68. The summed E-state index contributed by atoms with van der Waals surface area (Å²) in [4.78, 5) is 2.16. The van der Waals surface area contributed by atoms with Gasteiger partial charge in [0.25, 0.3) is 0 Å². The number of oxime groups is 1. The molecule has 1 saturated carbocycles. The Morgan fingerprint density at radius 3 is 2.94 bits per heavy atom. The number of ether oxygens (including phenoxy) is 1. The second-order valence-electron chi connectivity index (χ2n) is 5.04. The Kier molecular flexibility index (Phi) is 3.35. The van der Waals surface area contributed by atoms with Gasteiger partial charge in [-0.1, -0.05) is 5.16 Å². The first kappa shape index (κ1) is 11.7. The van der Waals surface area contributed by atoms with Gasteiger partial charge in [0.15, 0.2) is 5.84 Å². The van der Waals surface area contributed by atoms with E-state index in [0.717, 1.165) is 19.4 Å². The zero-order valence-corrected chi connectivity index (χ0v) is 9.85. The predicted octanol–water partition coefficient (Wildman–Crippen LogP) is 0.766. The largest absolute Gasteiger partial charge is 0.409 e. The van der Waals surface area contributed by atoms with Gasteiger partial charge in [0, 0.05) is 12.6 Å². The molecule has 2 fully saturated rings. The van der Waals surface area contributed by atoms with Crippen LogP contribution in [0.15, 0.2) is 5.16 Å². The Balaban J connectivity index is 1.88. The van der Waals surface area contributed by atoms with E-state index in [1.165, 1.54) is 19.3 Å². The van der Waals surface area contributed by atoms with Crippen molar-refractivity contribution in [3.8, 4) is 0 Å². The lowest BCUT2D eigenvalue weighted by Gasteiger charge is -2.49. The topological polar surface area (TPSA) is 71.1 Å². The van der Waals surface area contributed by atoms with Gasteiger partial charge in [0.1, 0.15) is 0 Å². The first-order valence-electron chi connectivity index (χ1n) is 5.96. The molecular formula is C11H21N3O2. The van der Waals surface area contributed by atoms with Crippen LogP contribution >= 0.6 is 0 Å². The zero-order chi connectivity index (χ0) is 11.6. The molecule has 16 heavy (non-hydrogen) atoms. The molecule has 1 saturated heterocycles. The Labute approximate surface area is 96.2 Å². The first-order chi connectivity index (χ1) is 7.65. The molecule has 3 N–H and O–H groups in total. The highest BCUT2D eigenvalue weighted by Crippen LogP contribution is 2.43. The van der Waals surface area contributed by atoms with Gasteiger partial charge in [-0.25, -0.2) is 0 Å². The highest BCUT2D eigenvalue weighted by atomic mass is 16.5. The number of nitrogens with two attached hydrogens (primary N) is 1. The maximum Gasteiger partial charge on any atom is 0.153 e. The summed E-state index contributed by atoms with van der Waals surface area (Å²) in [6.45, 7) is 1.36. The molecule has 0 aromatic heterocycles. The average Bonchev–Trinajstić information content (AvgIpc) is 2.27. The quantitative estimate of drug-likeness (QED) is 0.323. The fraction of sp³-hybridized carbons (Fsp3) is 0.909. The zero-order valence-electron chi connectivity index (χ0n) is 9.85. The SMILES string of the molecule is CN(CC(N)=NO)C1CCOC2(CCC2)C1. The molecule has 1 spiro atoms. The van der Waals surface area contributed by atoms with Crippen LogP contribution in [0.5, 0.6) is 0 Å². The summed E-state index contributed by atoms with van der Waals surface area (Å²) >= 11 is 0. The molecule has 1 aliphatic heterocycles. The summed E-state index contributed by atoms with van der Waals surface area (Å²) in [7, 11) is 2.03. The molecule has 92 valence electrons. The van der Waals surface area contributed by atoms with E-state index in [1.807, 2.05) is 7.05 Å². The van der Waals surface area contributed by atoms with Crippen LogP contribution in [0.1, 0.15) is 32.1 Å². The van der Waals surface area contributed by atoms with Gasteiger partial charge in [-0.05, 0) is 39.2 Å². The van der Waals surface area contributed by atoms with Gasteiger partial charge < -0.3 is 15.7 Å². The number of rotatable bonds is 3. The molecule has 2 aliphatic rings. The second kappa shape index (κ2) is 4.59. The van der Waals surface area contributed by atoms with Crippen LogP contribution in [-0.4, -0.2) is 47.8 Å². The van der Waals surface area contributed by atoms with E-state index in [-0.39, 0.29) is 11.4 Å². The highest BCUT2D eigenvalue weighted by Gasteiger charge is 2.43. The maximum absolute atomic E-state index is 8.55. The van der Waals surface area contributed by atoms with Crippen molar-refractivity contribution in [3.05, 3.63) is 0 Å². The van der Waals surface area contributed by atoms with Crippen molar-refractivity contribution in [2.24, 2.45) is 10.9 Å². The van der Waals surface area contributed by atoms with Crippen molar-refractivity contribution in [1.29, 1.82) is 0 Å². The molecule has 0 amide bonds. The van der Waals surface area contributed by atoms with E-state index in [0.29, 0.717) is 12.6 Å². The number of likely N-dealkylation sites (N-methyl/N-ethyl adjacent to an activating group) is 1. The number of amidine groups is 1. The second-order valence-corrected chi connectivity index (χ2v) is 5.04. The Morgan fingerprint density at radius 2 is 2.38 bits per heavy atom. The number of nitrogens with zero attached hydrogens (tertiary/aromatic N) is 2. The third-order valence-electron chi connectivity index (χ3n) is 3.89. The van der Waals surface area contributed by atoms with Gasteiger partial charge in [-0.3, -0.25) is 4.90 Å². The van der Waals surface area contributed by atoms with Gasteiger partial charge in [0.2, 0.25) is 0 Å². The van der Waals surface area contributed by atoms with Gasteiger partial charge >= 0.3 is 0 Å². The third-order valence-corrected chi connectivity index (χ3v) is 3.89. The molecule has 5 heteroatoms. The van der Waals surface area contributed by atoms with Crippen LogP contribution < -0.4 is 5.73 Å². The molecule has 0 aromatic rings. The number of hydrogen-bond acceptors (Lipinski definition) is 4. The maximum atomic E-state index is 8.55. The Bertz CT molecular complexity index is 276. The van der Waals surface area contributed by atoms with Crippen molar-refractivity contribution in [3.63, 3.8) is 0 Å². The molecule has 1 atom stereocenters. The summed E-state index contributed by atoms with van der Waals surface area (Å²) in [6.07, 6.45) is 5.80. The fourth-order valence-electron chi connectivity index (χ4n) is 2.71. The molecule has 5 nitrogen and oxygen atoms in total. The lowest BCUT2D eigenvalue weighted by atomic mass is 9.73. The average molecular weight is 227 g/mol. The Morgan fingerprint density at radius 1 is 1.62 bits per heavy atom. The van der Waals surface area contributed by atoms with Gasteiger partial charge in [-0.2, -0.15) is 0 Å². The molecule has 0 aromatic carbocycles. The van der Waals surface area contributed by atoms with Crippen LogP contribution in [0.25, 0.3) is 0 Å². The smallest absolute Gasteiger partial charge is 0.153 e. The third kappa shape index (κ3) is 2.30. The molecule has 1 unspecified atom stereocenters. The van der Waals surface area contributed by atoms with Gasteiger partial charge in [-0.15, -0.1) is 0 Å². The lowest BCUT2D eigenvalue weighted by Crippen LogP contribution is -2.52. The van der Waals surface area contributed by atoms with E-state index in [9.17, 15) is 0 Å². The molecule has 0 bridgehead atoms. The highest BCUT2D eigenvalue weighted by molar-refractivity contribution is 5.81. The minimum absolute atomic E-state index is 0.155. The van der Waals surface area contributed by atoms with Crippen LogP contribution in [0, 0.1) is 0 Å². The van der Waals surface area contributed by atoms with Crippen molar-refractivity contribution in [2.45, 2.75) is 43.7 Å². The first-order valence-corrected chi connectivity index (χ1v) is 5.96. The van der Waals surface area contributed by atoms with E-state index in [2.05, 4.69) is 10.1 Å². The monoisotopic (exact) mass is 227 g/mol. The fourth-order valence-corrected chi connectivity index (χ4v) is 2.71. The molecule has 0 radical (unpaired) electrons. The van der Waals surface area contributed by atoms with Crippen molar-refractivity contribution < 1.29 is 9.94 Å². The van der Waals surface area contributed by atoms with Crippen LogP contribution in [0.2, 0.25) is 0 Å². The molecule has 2 rings (SSSR count). The van der Waals surface area contributed by atoms with E-state index in [1.54, 1.807) is 0 Å². The van der Waals surface area contributed by atoms with Crippen molar-refractivity contribution >= 4 is 5.84 Å². The van der Waals surface area contributed by atoms with Crippen molar-refractivity contribution in [2.75, 3.05) is 20.2 Å². The standard InChI is InChI=1S/C11H21N3O2/c1-14(8-10(12)13-15)9-3-6-16-11(7-9)4-2-5-11/h9,15H,2-8H2,1H3,(H2,12,13). The predicted molar refractivity (Wildman–Crippen MR) is 61.6 cm³/mol. The molecule has 1 heterocycles. The lowest BCUT2D eigenvalue weighted by molar-refractivity contribution is -0.145. The van der Waals surface area contributed by atoms with Crippen LogP contribution in [0.4, 0.5) is 0 Å². The summed E-state index contributed by atoms with van der Waals surface area (Å²) in [5.74, 6) is 0.275. The normalized spacial score (nSPS) is 29.4. The minimum Gasteiger partial charge on any atom is -0.409 e. The summed E-state index contributed by atoms with van der Waals surface area (Å²) in [6, 6.07) is 0.495. The summed E-state index contributed by atoms with van der Waals surface area (Å²) in [5, 5.41) is 11.6. The number of hydrogen-bond donors (Lipinski definition) is 2. The van der Waals surface area contributed by atoms with E-state index >= 15 is 0 Å². The summed E-state index contributed by atoms with van der Waals surface area (Å²) < 4.78 is 5.88. The van der Waals surface area contributed by atoms with Crippen molar-refractivity contribution in [1.82, 2.24) is 4.90 Å². The van der Waals surface area contributed by atoms with Crippen LogP contribution in [-0.2, 0) is 4.74 Å².